The van der Waals surface area contributed by atoms with E-state index in [4.69, 9.17) is 5.73 Å². The zero-order valence-corrected chi connectivity index (χ0v) is 11.3. The van der Waals surface area contributed by atoms with Crippen molar-refractivity contribution >= 4 is 17.2 Å². The number of nitrogens with two attached hydrogens (primary N) is 1. The number of thiophene rings is 1. The highest BCUT2D eigenvalue weighted by Gasteiger charge is 2.21. The Labute approximate surface area is 111 Å². The molecule has 0 aromatic carbocycles. The molecule has 0 amide bonds. The van der Waals surface area contributed by atoms with Gasteiger partial charge in [-0.15, -0.1) is 11.3 Å². The number of rotatable bonds is 3. The Balaban J connectivity index is 1.80. The molecule has 1 saturated heterocycles. The van der Waals surface area contributed by atoms with E-state index in [1.54, 1.807) is 0 Å². The number of aromatic nitrogens is 2. The lowest BCUT2D eigenvalue weighted by molar-refractivity contribution is 0.751. The normalized spacial score (nSPS) is 19.7. The SMILES string of the molecule is CCc1ccc(-c2cc(N3CCC(N)C3)n[nH]2)s1. The summed E-state index contributed by atoms with van der Waals surface area (Å²) < 4.78 is 0. The summed E-state index contributed by atoms with van der Waals surface area (Å²) in [6.45, 7) is 4.10. The molecule has 1 aliphatic heterocycles. The monoisotopic (exact) mass is 262 g/mol. The minimum Gasteiger partial charge on any atom is -0.354 e. The van der Waals surface area contributed by atoms with Crippen LogP contribution >= 0.6 is 11.3 Å². The average molecular weight is 262 g/mol. The molecular weight excluding hydrogens is 244 g/mol. The van der Waals surface area contributed by atoms with E-state index < -0.39 is 0 Å². The fourth-order valence-corrected chi connectivity index (χ4v) is 3.22. The number of hydrogen-bond acceptors (Lipinski definition) is 4. The van der Waals surface area contributed by atoms with Gasteiger partial charge in [0.05, 0.1) is 10.6 Å². The number of anilines is 1. The highest BCUT2D eigenvalue weighted by atomic mass is 32.1. The molecule has 3 rings (SSSR count). The fourth-order valence-electron chi connectivity index (χ4n) is 2.31. The Bertz CT molecular complexity index is 531. The maximum Gasteiger partial charge on any atom is 0.151 e. The molecule has 2 aromatic rings. The summed E-state index contributed by atoms with van der Waals surface area (Å²) in [6.07, 6.45) is 2.15. The van der Waals surface area contributed by atoms with Crippen molar-refractivity contribution in [3.63, 3.8) is 0 Å². The van der Waals surface area contributed by atoms with Gasteiger partial charge in [-0.25, -0.2) is 0 Å². The molecule has 0 saturated carbocycles. The van der Waals surface area contributed by atoms with Gasteiger partial charge in [0.2, 0.25) is 0 Å². The molecule has 0 radical (unpaired) electrons. The predicted molar refractivity (Wildman–Crippen MR) is 76.1 cm³/mol. The summed E-state index contributed by atoms with van der Waals surface area (Å²) in [4.78, 5) is 4.91. The Morgan fingerprint density at radius 2 is 2.44 bits per heavy atom. The van der Waals surface area contributed by atoms with Gasteiger partial charge in [-0.2, -0.15) is 5.10 Å². The zero-order chi connectivity index (χ0) is 12.5. The molecule has 1 unspecified atom stereocenters. The second-order valence-corrected chi connectivity index (χ2v) is 5.92. The highest BCUT2D eigenvalue weighted by Crippen LogP contribution is 2.29. The summed E-state index contributed by atoms with van der Waals surface area (Å²) >= 11 is 1.83. The van der Waals surface area contributed by atoms with Crippen LogP contribution in [-0.2, 0) is 6.42 Å². The summed E-state index contributed by atoms with van der Waals surface area (Å²) in [5, 5.41) is 7.53. The second-order valence-electron chi connectivity index (χ2n) is 4.75. The van der Waals surface area contributed by atoms with E-state index in [0.717, 1.165) is 37.4 Å². The van der Waals surface area contributed by atoms with Crippen LogP contribution in [0.2, 0.25) is 0 Å². The van der Waals surface area contributed by atoms with Crippen LogP contribution in [-0.4, -0.2) is 29.3 Å². The Morgan fingerprint density at radius 3 is 3.11 bits per heavy atom. The number of nitrogens with zero attached hydrogens (tertiary/aromatic N) is 2. The third kappa shape index (κ3) is 2.15. The minimum atomic E-state index is 0.290. The number of aromatic amines is 1. The van der Waals surface area contributed by atoms with Crippen LogP contribution in [0.5, 0.6) is 0 Å². The van der Waals surface area contributed by atoms with Gasteiger partial charge in [-0.1, -0.05) is 6.92 Å². The van der Waals surface area contributed by atoms with Crippen LogP contribution in [0.15, 0.2) is 18.2 Å². The standard InChI is InChI=1S/C13H18N4S/c1-2-10-3-4-12(18-10)11-7-13(16-15-11)17-6-5-9(14)8-17/h3-4,7,9H,2,5-6,8,14H2,1H3,(H,15,16). The van der Waals surface area contributed by atoms with Crippen molar-refractivity contribution in [3.05, 3.63) is 23.1 Å². The van der Waals surface area contributed by atoms with Crippen molar-refractivity contribution in [3.8, 4) is 10.6 Å². The van der Waals surface area contributed by atoms with E-state index >= 15 is 0 Å². The lowest BCUT2D eigenvalue weighted by atomic mass is 10.3. The maximum atomic E-state index is 5.92. The molecule has 0 bridgehead atoms. The van der Waals surface area contributed by atoms with Crippen LogP contribution in [0.4, 0.5) is 5.82 Å². The van der Waals surface area contributed by atoms with Crippen molar-refractivity contribution in [2.75, 3.05) is 18.0 Å². The van der Waals surface area contributed by atoms with Gasteiger partial charge in [-0.05, 0) is 25.0 Å². The van der Waals surface area contributed by atoms with Crippen molar-refractivity contribution in [1.29, 1.82) is 0 Å². The van der Waals surface area contributed by atoms with Gasteiger partial charge in [0.1, 0.15) is 0 Å². The molecule has 1 atom stereocenters. The minimum absolute atomic E-state index is 0.290. The van der Waals surface area contributed by atoms with Crippen molar-refractivity contribution < 1.29 is 0 Å². The Kier molecular flexibility index (Phi) is 3.09. The molecule has 3 N–H and O–H groups in total. The number of hydrogen-bond donors (Lipinski definition) is 2. The summed E-state index contributed by atoms with van der Waals surface area (Å²) in [6, 6.07) is 6.77. The summed E-state index contributed by atoms with van der Waals surface area (Å²) in [7, 11) is 0. The Morgan fingerprint density at radius 1 is 1.56 bits per heavy atom. The number of nitrogens with one attached hydrogen (secondary N) is 1. The van der Waals surface area contributed by atoms with E-state index in [9.17, 15) is 0 Å². The van der Waals surface area contributed by atoms with Gasteiger partial charge in [-0.3, -0.25) is 5.10 Å². The first-order valence-electron chi connectivity index (χ1n) is 6.41. The molecule has 2 aromatic heterocycles. The van der Waals surface area contributed by atoms with Gasteiger partial charge >= 0.3 is 0 Å². The van der Waals surface area contributed by atoms with Crippen molar-refractivity contribution in [2.24, 2.45) is 5.73 Å². The van der Waals surface area contributed by atoms with E-state index in [1.165, 1.54) is 9.75 Å². The maximum absolute atomic E-state index is 5.92. The molecule has 0 aliphatic carbocycles. The first kappa shape index (κ1) is 11.7. The lowest BCUT2D eigenvalue weighted by Gasteiger charge is -2.13. The number of H-pyrrole nitrogens is 1. The molecular formula is C13H18N4S. The number of aryl methyl sites for hydroxylation is 1. The fraction of sp³-hybridized carbons (Fsp3) is 0.462. The molecule has 18 heavy (non-hydrogen) atoms. The quantitative estimate of drug-likeness (QED) is 0.892. The first-order valence-corrected chi connectivity index (χ1v) is 7.23. The molecule has 3 heterocycles. The van der Waals surface area contributed by atoms with Crippen LogP contribution in [0.25, 0.3) is 10.6 Å². The van der Waals surface area contributed by atoms with E-state index in [-0.39, 0.29) is 0 Å². The first-order chi connectivity index (χ1) is 8.76. The molecule has 1 fully saturated rings. The topological polar surface area (TPSA) is 57.9 Å². The van der Waals surface area contributed by atoms with Crippen molar-refractivity contribution in [1.82, 2.24) is 10.2 Å². The molecule has 4 nitrogen and oxygen atoms in total. The van der Waals surface area contributed by atoms with Crippen LogP contribution in [0, 0.1) is 0 Å². The lowest BCUT2D eigenvalue weighted by Crippen LogP contribution is -2.26. The Hall–Kier alpha value is -1.33. The molecule has 5 heteroatoms. The highest BCUT2D eigenvalue weighted by molar-refractivity contribution is 7.15. The second kappa shape index (κ2) is 4.74. The van der Waals surface area contributed by atoms with Crippen LogP contribution in [0.3, 0.4) is 0 Å². The molecule has 1 aliphatic rings. The van der Waals surface area contributed by atoms with Crippen LogP contribution in [0.1, 0.15) is 18.2 Å². The molecule has 96 valence electrons. The van der Waals surface area contributed by atoms with Crippen molar-refractivity contribution in [2.45, 2.75) is 25.8 Å². The largest absolute Gasteiger partial charge is 0.354 e. The smallest absolute Gasteiger partial charge is 0.151 e. The van der Waals surface area contributed by atoms with Gasteiger partial charge < -0.3 is 10.6 Å². The van der Waals surface area contributed by atoms with E-state index in [0.29, 0.717) is 6.04 Å². The molecule has 0 spiro atoms. The predicted octanol–water partition coefficient (Wildman–Crippen LogP) is 2.24. The van der Waals surface area contributed by atoms with Gasteiger partial charge in [0.25, 0.3) is 0 Å². The third-order valence-corrected chi connectivity index (χ3v) is 4.65. The summed E-state index contributed by atoms with van der Waals surface area (Å²) in [5.74, 6) is 1.02. The average Bonchev–Trinajstić information content (AvgIpc) is 3.07. The van der Waals surface area contributed by atoms with E-state index in [2.05, 4.69) is 40.2 Å². The third-order valence-electron chi connectivity index (χ3n) is 3.39. The van der Waals surface area contributed by atoms with Gasteiger partial charge in [0.15, 0.2) is 5.82 Å². The van der Waals surface area contributed by atoms with E-state index in [1.807, 2.05) is 11.3 Å². The van der Waals surface area contributed by atoms with Crippen LogP contribution < -0.4 is 10.6 Å². The summed E-state index contributed by atoms with van der Waals surface area (Å²) in [5.41, 5.74) is 7.03. The van der Waals surface area contributed by atoms with Gasteiger partial charge in [0, 0.05) is 30.1 Å². The zero-order valence-electron chi connectivity index (χ0n) is 10.5.